The highest BCUT2D eigenvalue weighted by Gasteiger charge is 2.05. The van der Waals surface area contributed by atoms with E-state index in [1.54, 1.807) is 11.8 Å². The van der Waals surface area contributed by atoms with Gasteiger partial charge in [0, 0.05) is 21.8 Å². The average Bonchev–Trinajstić information content (AvgIpc) is 2.48. The molecule has 21 heavy (non-hydrogen) atoms. The third-order valence-electron chi connectivity index (χ3n) is 2.88. The zero-order chi connectivity index (χ0) is 15.1. The molecule has 2 aromatic carbocycles. The van der Waals surface area contributed by atoms with Crippen molar-refractivity contribution in [3.63, 3.8) is 0 Å². The van der Waals surface area contributed by atoms with Crippen LogP contribution in [0, 0.1) is 0 Å². The van der Waals surface area contributed by atoms with Crippen LogP contribution >= 0.6 is 39.3 Å². The highest BCUT2D eigenvalue weighted by Crippen LogP contribution is 2.21. The SMILES string of the molecule is O=C(CSCc1ccccc1Br)NCc1ccccc1Cl. The van der Waals surface area contributed by atoms with Gasteiger partial charge in [0.05, 0.1) is 5.75 Å². The van der Waals surface area contributed by atoms with Crippen molar-refractivity contribution in [2.75, 3.05) is 5.75 Å². The van der Waals surface area contributed by atoms with E-state index in [4.69, 9.17) is 11.6 Å². The summed E-state index contributed by atoms with van der Waals surface area (Å²) in [6.07, 6.45) is 0. The molecule has 2 aromatic rings. The van der Waals surface area contributed by atoms with Crippen LogP contribution in [0.1, 0.15) is 11.1 Å². The second kappa shape index (κ2) is 8.47. The number of rotatable bonds is 6. The summed E-state index contributed by atoms with van der Waals surface area (Å²) in [6, 6.07) is 15.6. The van der Waals surface area contributed by atoms with Crippen molar-refractivity contribution >= 4 is 45.2 Å². The van der Waals surface area contributed by atoms with Crippen molar-refractivity contribution in [3.8, 4) is 0 Å². The zero-order valence-corrected chi connectivity index (χ0v) is 14.5. The highest BCUT2D eigenvalue weighted by molar-refractivity contribution is 9.10. The van der Waals surface area contributed by atoms with Gasteiger partial charge in [-0.3, -0.25) is 4.79 Å². The van der Waals surface area contributed by atoms with Gasteiger partial charge in [0.2, 0.25) is 5.91 Å². The van der Waals surface area contributed by atoms with Crippen molar-refractivity contribution in [2.24, 2.45) is 0 Å². The summed E-state index contributed by atoms with van der Waals surface area (Å²) in [5.41, 5.74) is 2.13. The minimum atomic E-state index is 0.0203. The minimum absolute atomic E-state index is 0.0203. The van der Waals surface area contributed by atoms with Crippen LogP contribution in [0.2, 0.25) is 5.02 Å². The average molecular weight is 385 g/mol. The van der Waals surface area contributed by atoms with E-state index in [1.165, 1.54) is 5.56 Å². The standard InChI is InChI=1S/C16H15BrClNOS/c17-14-7-3-1-6-13(14)10-21-11-16(20)19-9-12-5-2-4-8-15(12)18/h1-8H,9-11H2,(H,19,20). The van der Waals surface area contributed by atoms with Crippen molar-refractivity contribution in [2.45, 2.75) is 12.3 Å². The van der Waals surface area contributed by atoms with E-state index in [1.807, 2.05) is 42.5 Å². The topological polar surface area (TPSA) is 29.1 Å². The van der Waals surface area contributed by atoms with Crippen molar-refractivity contribution in [3.05, 3.63) is 69.2 Å². The molecule has 110 valence electrons. The van der Waals surface area contributed by atoms with E-state index in [2.05, 4.69) is 27.3 Å². The fourth-order valence-corrected chi connectivity index (χ4v) is 3.43. The summed E-state index contributed by atoms with van der Waals surface area (Å²) >= 11 is 11.1. The molecule has 0 saturated carbocycles. The van der Waals surface area contributed by atoms with E-state index in [9.17, 15) is 4.79 Å². The third-order valence-corrected chi connectivity index (χ3v) is 5.01. The summed E-state index contributed by atoms with van der Waals surface area (Å²) in [5, 5.41) is 3.56. The van der Waals surface area contributed by atoms with Crippen LogP contribution in [0.3, 0.4) is 0 Å². The highest BCUT2D eigenvalue weighted by atomic mass is 79.9. The lowest BCUT2D eigenvalue weighted by atomic mass is 10.2. The summed E-state index contributed by atoms with van der Waals surface area (Å²) in [5.74, 6) is 1.26. The number of hydrogen-bond donors (Lipinski definition) is 1. The molecule has 0 bridgehead atoms. The first-order valence-corrected chi connectivity index (χ1v) is 8.80. The smallest absolute Gasteiger partial charge is 0.230 e. The van der Waals surface area contributed by atoms with Crippen LogP contribution in [0.5, 0.6) is 0 Å². The molecule has 0 aromatic heterocycles. The number of carbonyl (C=O) groups is 1. The van der Waals surface area contributed by atoms with Crippen LogP contribution in [0.4, 0.5) is 0 Å². The molecule has 0 aliphatic rings. The number of nitrogens with one attached hydrogen (secondary N) is 1. The Balaban J connectivity index is 1.73. The predicted octanol–water partition coefficient (Wildman–Crippen LogP) is 4.65. The zero-order valence-electron chi connectivity index (χ0n) is 11.3. The van der Waals surface area contributed by atoms with Gasteiger partial charge in [-0.1, -0.05) is 63.9 Å². The number of carbonyl (C=O) groups excluding carboxylic acids is 1. The Kier molecular flexibility index (Phi) is 6.61. The van der Waals surface area contributed by atoms with Crippen molar-refractivity contribution in [1.82, 2.24) is 5.32 Å². The maximum atomic E-state index is 11.8. The van der Waals surface area contributed by atoms with Gasteiger partial charge in [0.15, 0.2) is 0 Å². The molecule has 0 spiro atoms. The molecular formula is C16H15BrClNOS. The van der Waals surface area contributed by atoms with Crippen LogP contribution in [-0.4, -0.2) is 11.7 Å². The Morgan fingerprint density at radius 2 is 1.76 bits per heavy atom. The molecule has 2 nitrogen and oxygen atoms in total. The first kappa shape index (κ1) is 16.4. The number of hydrogen-bond acceptors (Lipinski definition) is 2. The molecule has 2 rings (SSSR count). The number of amides is 1. The predicted molar refractivity (Wildman–Crippen MR) is 93.6 cm³/mol. The monoisotopic (exact) mass is 383 g/mol. The third kappa shape index (κ3) is 5.38. The lowest BCUT2D eigenvalue weighted by Crippen LogP contribution is -2.24. The number of halogens is 2. The summed E-state index contributed by atoms with van der Waals surface area (Å²) in [7, 11) is 0. The first-order valence-electron chi connectivity index (χ1n) is 6.48. The molecule has 0 heterocycles. The van der Waals surface area contributed by atoms with E-state index in [0.29, 0.717) is 17.3 Å². The molecule has 0 aliphatic heterocycles. The van der Waals surface area contributed by atoms with Gasteiger partial charge >= 0.3 is 0 Å². The summed E-state index contributed by atoms with van der Waals surface area (Å²) in [6.45, 7) is 0.466. The van der Waals surface area contributed by atoms with E-state index < -0.39 is 0 Å². The van der Waals surface area contributed by atoms with E-state index in [-0.39, 0.29) is 5.91 Å². The van der Waals surface area contributed by atoms with Crippen LogP contribution in [0.15, 0.2) is 53.0 Å². The molecule has 5 heteroatoms. The normalized spacial score (nSPS) is 10.4. The van der Waals surface area contributed by atoms with Gasteiger partial charge in [-0.25, -0.2) is 0 Å². The quantitative estimate of drug-likeness (QED) is 0.785. The maximum absolute atomic E-state index is 11.8. The van der Waals surface area contributed by atoms with Gasteiger partial charge in [-0.15, -0.1) is 11.8 Å². The molecular weight excluding hydrogens is 370 g/mol. The Bertz CT molecular complexity index is 621. The van der Waals surface area contributed by atoms with E-state index >= 15 is 0 Å². The first-order chi connectivity index (χ1) is 10.2. The number of thioether (sulfide) groups is 1. The van der Waals surface area contributed by atoms with Gasteiger partial charge in [-0.05, 0) is 23.3 Å². The number of benzene rings is 2. The Morgan fingerprint density at radius 1 is 1.10 bits per heavy atom. The minimum Gasteiger partial charge on any atom is -0.351 e. The Hall–Kier alpha value is -0.970. The van der Waals surface area contributed by atoms with Crippen molar-refractivity contribution < 1.29 is 4.79 Å². The molecule has 1 N–H and O–H groups in total. The second-order valence-electron chi connectivity index (χ2n) is 4.45. The molecule has 0 aliphatic carbocycles. The van der Waals surface area contributed by atoms with E-state index in [0.717, 1.165) is 15.8 Å². The Morgan fingerprint density at radius 3 is 2.48 bits per heavy atom. The second-order valence-corrected chi connectivity index (χ2v) is 6.70. The molecule has 0 atom stereocenters. The fourth-order valence-electron chi connectivity index (χ4n) is 1.76. The van der Waals surface area contributed by atoms with Gasteiger partial charge < -0.3 is 5.32 Å². The molecule has 0 unspecified atom stereocenters. The van der Waals surface area contributed by atoms with Crippen LogP contribution < -0.4 is 5.32 Å². The fraction of sp³-hybridized carbons (Fsp3) is 0.188. The lowest BCUT2D eigenvalue weighted by Gasteiger charge is -2.07. The molecule has 0 saturated heterocycles. The Labute approximate surface area is 142 Å². The van der Waals surface area contributed by atoms with Crippen molar-refractivity contribution in [1.29, 1.82) is 0 Å². The van der Waals surface area contributed by atoms with Crippen LogP contribution in [-0.2, 0) is 17.1 Å². The van der Waals surface area contributed by atoms with Gasteiger partial charge in [0.25, 0.3) is 0 Å². The summed E-state index contributed by atoms with van der Waals surface area (Å²) in [4.78, 5) is 11.8. The maximum Gasteiger partial charge on any atom is 0.230 e. The molecule has 1 amide bonds. The van der Waals surface area contributed by atoms with Gasteiger partial charge in [0.1, 0.15) is 0 Å². The molecule has 0 fully saturated rings. The summed E-state index contributed by atoms with van der Waals surface area (Å²) < 4.78 is 1.08. The lowest BCUT2D eigenvalue weighted by molar-refractivity contribution is -0.118. The van der Waals surface area contributed by atoms with Gasteiger partial charge in [-0.2, -0.15) is 0 Å². The van der Waals surface area contributed by atoms with Crippen LogP contribution in [0.25, 0.3) is 0 Å². The molecule has 0 radical (unpaired) electrons. The largest absolute Gasteiger partial charge is 0.351 e.